The number of hydrogen-bond donors (Lipinski definition) is 1. The Bertz CT molecular complexity index is 635. The third-order valence-electron chi connectivity index (χ3n) is 3.34. The molecule has 4 nitrogen and oxygen atoms in total. The number of amides is 1. The Morgan fingerprint density at radius 3 is 2.45 bits per heavy atom. The molecule has 1 N–H and O–H groups in total. The quantitative estimate of drug-likeness (QED) is 0.890. The first kappa shape index (κ1) is 15.9. The first-order valence-electron chi connectivity index (χ1n) is 7.28. The second-order valence-electron chi connectivity index (χ2n) is 4.94. The maximum atomic E-state index is 12.1. The van der Waals surface area contributed by atoms with Gasteiger partial charge in [-0.25, -0.2) is 0 Å². The molecule has 0 aliphatic heterocycles. The highest BCUT2D eigenvalue weighted by molar-refractivity contribution is 5.94. The molecular weight excluding hydrogens is 278 g/mol. The average molecular weight is 299 g/mol. The van der Waals surface area contributed by atoms with Crippen LogP contribution in [0, 0.1) is 6.92 Å². The van der Waals surface area contributed by atoms with E-state index in [1.165, 1.54) is 0 Å². The molecule has 2 rings (SSSR count). The van der Waals surface area contributed by atoms with Gasteiger partial charge in [0.25, 0.3) is 5.91 Å². The lowest BCUT2D eigenvalue weighted by atomic mass is 10.1. The smallest absolute Gasteiger partial charge is 0.251 e. The zero-order valence-corrected chi connectivity index (χ0v) is 13.2. The number of rotatable bonds is 6. The van der Waals surface area contributed by atoms with E-state index in [1.54, 1.807) is 31.4 Å². The van der Waals surface area contributed by atoms with Crippen molar-refractivity contribution >= 4 is 5.91 Å². The van der Waals surface area contributed by atoms with E-state index >= 15 is 0 Å². The summed E-state index contributed by atoms with van der Waals surface area (Å²) in [4.78, 5) is 12.1. The van der Waals surface area contributed by atoms with Crippen LogP contribution in [0.1, 0.15) is 28.4 Å². The van der Waals surface area contributed by atoms with Gasteiger partial charge in [-0.1, -0.05) is 12.1 Å². The molecule has 4 heteroatoms. The van der Waals surface area contributed by atoms with Crippen LogP contribution in [0.3, 0.4) is 0 Å². The second kappa shape index (κ2) is 7.50. The van der Waals surface area contributed by atoms with Crippen molar-refractivity contribution in [2.75, 3.05) is 13.7 Å². The molecule has 0 spiro atoms. The number of hydrogen-bond acceptors (Lipinski definition) is 3. The number of benzene rings is 2. The van der Waals surface area contributed by atoms with E-state index in [2.05, 4.69) is 5.32 Å². The van der Waals surface area contributed by atoms with E-state index in [1.807, 2.05) is 32.0 Å². The molecule has 0 saturated carbocycles. The molecule has 2 aromatic rings. The van der Waals surface area contributed by atoms with Crippen LogP contribution in [0.15, 0.2) is 42.5 Å². The minimum Gasteiger partial charge on any atom is -0.497 e. The van der Waals surface area contributed by atoms with Crippen molar-refractivity contribution in [3.05, 3.63) is 59.2 Å². The van der Waals surface area contributed by atoms with Crippen molar-refractivity contribution in [2.24, 2.45) is 0 Å². The molecular formula is C18H21NO3. The predicted molar refractivity (Wildman–Crippen MR) is 86.5 cm³/mol. The summed E-state index contributed by atoms with van der Waals surface area (Å²) >= 11 is 0. The Morgan fingerprint density at radius 2 is 1.86 bits per heavy atom. The minimum atomic E-state index is -0.103. The summed E-state index contributed by atoms with van der Waals surface area (Å²) < 4.78 is 10.6. The molecule has 2 aromatic carbocycles. The molecule has 0 heterocycles. The van der Waals surface area contributed by atoms with E-state index < -0.39 is 0 Å². The van der Waals surface area contributed by atoms with Crippen LogP contribution in [-0.2, 0) is 6.54 Å². The third-order valence-corrected chi connectivity index (χ3v) is 3.34. The SMILES string of the molecule is CCOc1ccc(CNC(=O)c2ccc(OC)cc2)cc1C. The summed E-state index contributed by atoms with van der Waals surface area (Å²) in [7, 11) is 1.60. The highest BCUT2D eigenvalue weighted by atomic mass is 16.5. The molecule has 0 saturated heterocycles. The molecule has 0 atom stereocenters. The van der Waals surface area contributed by atoms with Crippen LogP contribution in [0.5, 0.6) is 11.5 Å². The van der Waals surface area contributed by atoms with Gasteiger partial charge < -0.3 is 14.8 Å². The van der Waals surface area contributed by atoms with Crippen LogP contribution >= 0.6 is 0 Å². The highest BCUT2D eigenvalue weighted by Crippen LogP contribution is 2.19. The van der Waals surface area contributed by atoms with Crippen LogP contribution < -0.4 is 14.8 Å². The zero-order chi connectivity index (χ0) is 15.9. The number of nitrogens with one attached hydrogen (secondary N) is 1. The third kappa shape index (κ3) is 4.01. The van der Waals surface area contributed by atoms with Gasteiger partial charge in [0.2, 0.25) is 0 Å². The summed E-state index contributed by atoms with van der Waals surface area (Å²) in [6.45, 7) is 5.09. The summed E-state index contributed by atoms with van der Waals surface area (Å²) in [5.41, 5.74) is 2.73. The lowest BCUT2D eigenvalue weighted by Crippen LogP contribution is -2.22. The van der Waals surface area contributed by atoms with Gasteiger partial charge in [-0.05, 0) is 55.3 Å². The first-order chi connectivity index (χ1) is 10.6. The predicted octanol–water partition coefficient (Wildman–Crippen LogP) is 3.33. The molecule has 1 amide bonds. The first-order valence-corrected chi connectivity index (χ1v) is 7.28. The Morgan fingerprint density at radius 1 is 1.14 bits per heavy atom. The van der Waals surface area contributed by atoms with Crippen LogP contribution in [0.25, 0.3) is 0 Å². The van der Waals surface area contributed by atoms with E-state index in [0.29, 0.717) is 18.7 Å². The van der Waals surface area contributed by atoms with Crippen molar-refractivity contribution in [1.82, 2.24) is 5.32 Å². The van der Waals surface area contributed by atoms with E-state index in [9.17, 15) is 4.79 Å². The van der Waals surface area contributed by atoms with Crippen LogP contribution in [0.2, 0.25) is 0 Å². The zero-order valence-electron chi connectivity index (χ0n) is 13.2. The maximum Gasteiger partial charge on any atom is 0.251 e. The number of carbonyl (C=O) groups is 1. The van der Waals surface area contributed by atoms with Crippen molar-refractivity contribution < 1.29 is 14.3 Å². The van der Waals surface area contributed by atoms with Gasteiger partial charge in [-0.2, -0.15) is 0 Å². The van der Waals surface area contributed by atoms with Gasteiger partial charge in [0, 0.05) is 12.1 Å². The highest BCUT2D eigenvalue weighted by Gasteiger charge is 2.06. The summed E-state index contributed by atoms with van der Waals surface area (Å²) in [5.74, 6) is 1.51. The van der Waals surface area contributed by atoms with Crippen LogP contribution in [-0.4, -0.2) is 19.6 Å². The Balaban J connectivity index is 1.96. The molecule has 0 aliphatic carbocycles. The largest absolute Gasteiger partial charge is 0.497 e. The Kier molecular flexibility index (Phi) is 5.42. The standard InChI is InChI=1S/C18H21NO3/c1-4-22-17-10-5-14(11-13(17)2)12-19-18(20)15-6-8-16(21-3)9-7-15/h5-11H,4,12H2,1-3H3,(H,19,20). The fraction of sp³-hybridized carbons (Fsp3) is 0.278. The lowest BCUT2D eigenvalue weighted by molar-refractivity contribution is 0.0951. The van der Waals surface area contributed by atoms with Gasteiger partial charge in [0.05, 0.1) is 13.7 Å². The molecule has 116 valence electrons. The van der Waals surface area contributed by atoms with E-state index in [4.69, 9.17) is 9.47 Å². The molecule has 0 unspecified atom stereocenters. The normalized spacial score (nSPS) is 10.1. The van der Waals surface area contributed by atoms with Gasteiger partial charge in [-0.15, -0.1) is 0 Å². The molecule has 0 aromatic heterocycles. The monoisotopic (exact) mass is 299 g/mol. The molecule has 0 radical (unpaired) electrons. The summed E-state index contributed by atoms with van der Waals surface area (Å²) in [5, 5.41) is 2.91. The van der Waals surface area contributed by atoms with Gasteiger partial charge in [0.15, 0.2) is 0 Å². The number of methoxy groups -OCH3 is 1. The second-order valence-corrected chi connectivity index (χ2v) is 4.94. The van der Waals surface area contributed by atoms with Crippen LogP contribution in [0.4, 0.5) is 0 Å². The van der Waals surface area contributed by atoms with Crippen molar-refractivity contribution in [1.29, 1.82) is 0 Å². The Hall–Kier alpha value is -2.49. The van der Waals surface area contributed by atoms with Gasteiger partial charge in [-0.3, -0.25) is 4.79 Å². The summed E-state index contributed by atoms with van der Waals surface area (Å²) in [6.07, 6.45) is 0. The topological polar surface area (TPSA) is 47.6 Å². The van der Waals surface area contributed by atoms with Crippen molar-refractivity contribution in [3.8, 4) is 11.5 Å². The van der Waals surface area contributed by atoms with Crippen molar-refractivity contribution in [2.45, 2.75) is 20.4 Å². The molecule has 0 bridgehead atoms. The lowest BCUT2D eigenvalue weighted by Gasteiger charge is -2.10. The number of aryl methyl sites for hydroxylation is 1. The molecule has 22 heavy (non-hydrogen) atoms. The van der Waals surface area contributed by atoms with Crippen molar-refractivity contribution in [3.63, 3.8) is 0 Å². The fourth-order valence-electron chi connectivity index (χ4n) is 2.17. The van der Waals surface area contributed by atoms with E-state index in [-0.39, 0.29) is 5.91 Å². The van der Waals surface area contributed by atoms with Gasteiger partial charge >= 0.3 is 0 Å². The maximum absolute atomic E-state index is 12.1. The molecule has 0 fully saturated rings. The van der Waals surface area contributed by atoms with Gasteiger partial charge in [0.1, 0.15) is 11.5 Å². The number of ether oxygens (including phenoxy) is 2. The average Bonchev–Trinajstić information content (AvgIpc) is 2.55. The van der Waals surface area contributed by atoms with E-state index in [0.717, 1.165) is 22.6 Å². The number of carbonyl (C=O) groups excluding carboxylic acids is 1. The Labute approximate surface area is 131 Å². The molecule has 0 aliphatic rings. The minimum absolute atomic E-state index is 0.103. The summed E-state index contributed by atoms with van der Waals surface area (Å²) in [6, 6.07) is 13.0. The fourth-order valence-corrected chi connectivity index (χ4v) is 2.17.